The second kappa shape index (κ2) is 7.59. The van der Waals surface area contributed by atoms with Crippen molar-refractivity contribution in [3.8, 4) is 0 Å². The summed E-state index contributed by atoms with van der Waals surface area (Å²) in [6.45, 7) is 8.84. The minimum atomic E-state index is -0.101. The number of fused-ring (bicyclic) bond motifs is 1. The number of rotatable bonds is 5. The Morgan fingerprint density at radius 2 is 1.93 bits per heavy atom. The van der Waals surface area contributed by atoms with Gasteiger partial charge in [0, 0.05) is 24.3 Å². The Bertz CT molecular complexity index is 1120. The van der Waals surface area contributed by atoms with Crippen molar-refractivity contribution in [3.63, 3.8) is 0 Å². The lowest BCUT2D eigenvalue weighted by Crippen LogP contribution is -2.60. The molecule has 1 saturated carbocycles. The van der Waals surface area contributed by atoms with Crippen LogP contribution in [0.25, 0.3) is 5.52 Å². The third-order valence-corrected chi connectivity index (χ3v) is 6.60. The van der Waals surface area contributed by atoms with E-state index in [-0.39, 0.29) is 23.3 Å². The molecule has 2 N–H and O–H groups in total. The third kappa shape index (κ3) is 3.58. The van der Waals surface area contributed by atoms with E-state index in [0.29, 0.717) is 18.0 Å². The maximum atomic E-state index is 12.9. The van der Waals surface area contributed by atoms with Crippen LogP contribution in [0.4, 0.5) is 0 Å². The fraction of sp³-hybridized carbons (Fsp3) is 0.375. The molecule has 0 spiro atoms. The van der Waals surface area contributed by atoms with Gasteiger partial charge in [-0.25, -0.2) is 4.52 Å². The van der Waals surface area contributed by atoms with E-state index in [0.717, 1.165) is 28.6 Å². The van der Waals surface area contributed by atoms with Gasteiger partial charge in [0.2, 0.25) is 0 Å². The quantitative estimate of drug-likeness (QED) is 0.683. The topological polar surface area (TPSA) is 75.5 Å². The summed E-state index contributed by atoms with van der Waals surface area (Å²) >= 11 is 0. The van der Waals surface area contributed by atoms with Gasteiger partial charge in [0.05, 0.1) is 17.3 Å². The van der Waals surface area contributed by atoms with Gasteiger partial charge >= 0.3 is 0 Å². The van der Waals surface area contributed by atoms with Crippen LogP contribution in [0.15, 0.2) is 48.8 Å². The van der Waals surface area contributed by atoms with E-state index in [4.69, 9.17) is 0 Å². The minimum absolute atomic E-state index is 0.0353. The largest absolute Gasteiger partial charge is 0.352 e. The molecule has 2 atom stereocenters. The van der Waals surface area contributed by atoms with Crippen molar-refractivity contribution in [3.05, 3.63) is 71.0 Å². The van der Waals surface area contributed by atoms with Gasteiger partial charge in [-0.1, -0.05) is 31.5 Å². The van der Waals surface area contributed by atoms with Gasteiger partial charge in [-0.05, 0) is 61.4 Å². The summed E-state index contributed by atoms with van der Waals surface area (Å²) < 4.78 is 1.70. The number of hydrogen-bond acceptors (Lipinski definition) is 3. The first kappa shape index (κ1) is 20.1. The van der Waals surface area contributed by atoms with E-state index in [1.807, 2.05) is 56.4 Å². The number of hydrogen-bond donors (Lipinski definition) is 2. The maximum absolute atomic E-state index is 12.9. The summed E-state index contributed by atoms with van der Waals surface area (Å²) in [5.41, 5.74) is 4.10. The van der Waals surface area contributed by atoms with Crippen molar-refractivity contribution in [1.82, 2.24) is 20.2 Å². The fourth-order valence-corrected chi connectivity index (χ4v) is 4.28. The number of amides is 2. The number of carbonyl (C=O) groups is 2. The molecule has 1 aliphatic rings. The number of carbonyl (C=O) groups excluding carboxylic acids is 2. The highest BCUT2D eigenvalue weighted by molar-refractivity contribution is 6.01. The molecule has 6 heteroatoms. The van der Waals surface area contributed by atoms with Gasteiger partial charge in [0.25, 0.3) is 11.8 Å². The lowest BCUT2D eigenvalue weighted by Gasteiger charge is -2.52. The first-order valence-electron chi connectivity index (χ1n) is 10.4. The molecule has 156 valence electrons. The smallest absolute Gasteiger partial charge is 0.253 e. The zero-order valence-corrected chi connectivity index (χ0v) is 17.9. The normalized spacial score (nSPS) is 19.9. The standard InChI is InChI=1S/C24H28N4O2/c1-15-7-8-16(2)19(12-15)22(29)25-14-17-13-21(24(17,3)4)27-23(30)18-6-5-11-28-20(18)9-10-26-28/h5-12,17,21H,13-14H2,1-4H3,(H,25,29)(H,27,30). The van der Waals surface area contributed by atoms with Crippen molar-refractivity contribution >= 4 is 17.3 Å². The Labute approximate surface area is 176 Å². The van der Waals surface area contributed by atoms with Crippen LogP contribution in [0.1, 0.15) is 52.1 Å². The SMILES string of the molecule is Cc1ccc(C)c(C(=O)NCC2CC(NC(=O)c3cccn4nccc34)C2(C)C)c1. The van der Waals surface area contributed by atoms with Crippen LogP contribution in [-0.2, 0) is 0 Å². The van der Waals surface area contributed by atoms with Crippen molar-refractivity contribution in [2.45, 2.75) is 40.2 Å². The summed E-state index contributed by atoms with van der Waals surface area (Å²) in [5.74, 6) is 0.187. The molecule has 1 aliphatic carbocycles. The number of benzene rings is 1. The Morgan fingerprint density at radius 3 is 2.70 bits per heavy atom. The molecular formula is C24H28N4O2. The third-order valence-electron chi connectivity index (χ3n) is 6.60. The Balaban J connectivity index is 1.37. The fourth-order valence-electron chi connectivity index (χ4n) is 4.28. The first-order valence-corrected chi connectivity index (χ1v) is 10.4. The molecule has 2 amide bonds. The maximum Gasteiger partial charge on any atom is 0.253 e. The Hall–Kier alpha value is -3.15. The van der Waals surface area contributed by atoms with Gasteiger partial charge in [-0.2, -0.15) is 5.10 Å². The molecule has 6 nitrogen and oxygen atoms in total. The highest BCUT2D eigenvalue weighted by Crippen LogP contribution is 2.46. The number of pyridine rings is 1. The van der Waals surface area contributed by atoms with Crippen molar-refractivity contribution < 1.29 is 9.59 Å². The summed E-state index contributed by atoms with van der Waals surface area (Å²) in [5, 5.41) is 10.5. The molecule has 0 bridgehead atoms. The second-order valence-electron chi connectivity index (χ2n) is 8.89. The Morgan fingerprint density at radius 1 is 1.13 bits per heavy atom. The highest BCUT2D eigenvalue weighted by atomic mass is 16.2. The van der Waals surface area contributed by atoms with E-state index in [1.54, 1.807) is 10.7 Å². The zero-order chi connectivity index (χ0) is 21.5. The summed E-state index contributed by atoms with van der Waals surface area (Å²) in [7, 11) is 0. The van der Waals surface area contributed by atoms with Gasteiger partial charge < -0.3 is 10.6 Å². The van der Waals surface area contributed by atoms with Gasteiger partial charge in [0.15, 0.2) is 0 Å². The van der Waals surface area contributed by atoms with E-state index in [1.165, 1.54) is 0 Å². The van der Waals surface area contributed by atoms with E-state index >= 15 is 0 Å². The number of nitrogens with one attached hydrogen (secondary N) is 2. The van der Waals surface area contributed by atoms with E-state index < -0.39 is 0 Å². The molecule has 0 saturated heterocycles. The average Bonchev–Trinajstić information content (AvgIpc) is 3.20. The van der Waals surface area contributed by atoms with E-state index in [9.17, 15) is 9.59 Å². The molecule has 4 rings (SSSR count). The minimum Gasteiger partial charge on any atom is -0.352 e. The van der Waals surface area contributed by atoms with Crippen molar-refractivity contribution in [2.24, 2.45) is 11.3 Å². The van der Waals surface area contributed by atoms with Crippen LogP contribution in [0.5, 0.6) is 0 Å². The van der Waals surface area contributed by atoms with Crippen molar-refractivity contribution in [2.75, 3.05) is 6.54 Å². The van der Waals surface area contributed by atoms with Gasteiger partial charge in [-0.15, -0.1) is 0 Å². The molecule has 3 aromatic rings. The predicted octanol–water partition coefficient (Wildman–Crippen LogP) is 3.53. The molecule has 2 aromatic heterocycles. The number of nitrogens with zero attached hydrogens (tertiary/aromatic N) is 2. The van der Waals surface area contributed by atoms with Crippen LogP contribution < -0.4 is 10.6 Å². The summed E-state index contributed by atoms with van der Waals surface area (Å²) in [4.78, 5) is 25.5. The van der Waals surface area contributed by atoms with Crippen LogP contribution in [-0.4, -0.2) is 34.0 Å². The number of aromatic nitrogens is 2. The molecule has 1 aromatic carbocycles. The van der Waals surface area contributed by atoms with Crippen molar-refractivity contribution in [1.29, 1.82) is 0 Å². The summed E-state index contributed by atoms with van der Waals surface area (Å²) in [6, 6.07) is 11.5. The summed E-state index contributed by atoms with van der Waals surface area (Å²) in [6.07, 6.45) is 4.36. The van der Waals surface area contributed by atoms with Gasteiger partial charge in [-0.3, -0.25) is 9.59 Å². The number of aryl methyl sites for hydroxylation is 2. The molecule has 2 unspecified atom stereocenters. The Kier molecular flexibility index (Phi) is 5.10. The van der Waals surface area contributed by atoms with Crippen LogP contribution in [0, 0.1) is 25.2 Å². The van der Waals surface area contributed by atoms with Crippen LogP contribution in [0.2, 0.25) is 0 Å². The monoisotopic (exact) mass is 404 g/mol. The van der Waals surface area contributed by atoms with Gasteiger partial charge in [0.1, 0.15) is 0 Å². The predicted molar refractivity (Wildman–Crippen MR) is 117 cm³/mol. The molecule has 0 aliphatic heterocycles. The zero-order valence-electron chi connectivity index (χ0n) is 17.9. The second-order valence-corrected chi connectivity index (χ2v) is 8.89. The molecule has 1 fully saturated rings. The first-order chi connectivity index (χ1) is 14.3. The molecule has 30 heavy (non-hydrogen) atoms. The lowest BCUT2D eigenvalue weighted by atomic mass is 9.58. The van der Waals surface area contributed by atoms with Crippen LogP contribution >= 0.6 is 0 Å². The lowest BCUT2D eigenvalue weighted by molar-refractivity contribution is 0.0150. The average molecular weight is 405 g/mol. The molecule has 0 radical (unpaired) electrons. The molecular weight excluding hydrogens is 376 g/mol. The van der Waals surface area contributed by atoms with Crippen LogP contribution in [0.3, 0.4) is 0 Å². The molecule has 2 heterocycles. The highest BCUT2D eigenvalue weighted by Gasteiger charge is 2.48. The van der Waals surface area contributed by atoms with E-state index in [2.05, 4.69) is 29.6 Å².